The van der Waals surface area contributed by atoms with Crippen LogP contribution in [0.4, 0.5) is 5.69 Å². The SMILES string of the molecule is COc1cc2c(-c3cccc([N+](=O)[O-])c3)nc3c(c(-c4ccccc4)nn3-c3ccccc3)c2cc1OC. The summed E-state index contributed by atoms with van der Waals surface area (Å²) >= 11 is 0. The van der Waals surface area contributed by atoms with Crippen molar-refractivity contribution in [3.63, 3.8) is 0 Å². The number of nitro benzene ring substituents is 1. The fourth-order valence-corrected chi connectivity index (χ4v) is 4.74. The Hall–Kier alpha value is -5.24. The van der Waals surface area contributed by atoms with Gasteiger partial charge in [0.2, 0.25) is 0 Å². The molecule has 0 fully saturated rings. The molecule has 0 spiro atoms. The zero-order valence-corrected chi connectivity index (χ0v) is 20.7. The molecule has 6 rings (SSSR count). The standard InChI is InChI=1S/C30H22N4O4/c1-37-25-17-23-24(18-26(25)38-2)28(20-12-9-15-22(16-20)34(35)36)31-30-27(23)29(19-10-5-3-6-11-19)32-33(30)21-13-7-4-8-14-21/h3-18H,1-2H3. The number of hydrogen-bond acceptors (Lipinski definition) is 6. The van der Waals surface area contributed by atoms with Crippen LogP contribution in [0.2, 0.25) is 0 Å². The van der Waals surface area contributed by atoms with Gasteiger partial charge in [0.25, 0.3) is 5.69 Å². The number of benzene rings is 4. The number of rotatable bonds is 6. The first-order chi connectivity index (χ1) is 18.6. The summed E-state index contributed by atoms with van der Waals surface area (Å²) in [7, 11) is 3.17. The molecule has 8 nitrogen and oxygen atoms in total. The number of nitrogens with zero attached hydrogens (tertiary/aromatic N) is 4. The van der Waals surface area contributed by atoms with Crippen molar-refractivity contribution in [2.24, 2.45) is 0 Å². The second-order valence-corrected chi connectivity index (χ2v) is 8.68. The van der Waals surface area contributed by atoms with Crippen molar-refractivity contribution in [1.82, 2.24) is 14.8 Å². The van der Waals surface area contributed by atoms with E-state index in [-0.39, 0.29) is 5.69 Å². The van der Waals surface area contributed by atoms with Crippen molar-refractivity contribution in [2.45, 2.75) is 0 Å². The quantitative estimate of drug-likeness (QED) is 0.183. The van der Waals surface area contributed by atoms with Crippen molar-refractivity contribution >= 4 is 27.5 Å². The third-order valence-electron chi connectivity index (χ3n) is 6.51. The Balaban J connectivity index is 1.80. The molecule has 4 aromatic carbocycles. The molecule has 2 aromatic heterocycles. The summed E-state index contributed by atoms with van der Waals surface area (Å²) in [5.74, 6) is 1.09. The van der Waals surface area contributed by atoms with Crippen LogP contribution < -0.4 is 9.47 Å². The summed E-state index contributed by atoms with van der Waals surface area (Å²) in [6.45, 7) is 0. The second kappa shape index (κ2) is 9.33. The fourth-order valence-electron chi connectivity index (χ4n) is 4.74. The summed E-state index contributed by atoms with van der Waals surface area (Å²) < 4.78 is 13.1. The lowest BCUT2D eigenvalue weighted by molar-refractivity contribution is -0.384. The number of para-hydroxylation sites is 1. The molecule has 0 aliphatic heterocycles. The fraction of sp³-hybridized carbons (Fsp3) is 0.0667. The molecule has 6 aromatic rings. The lowest BCUT2D eigenvalue weighted by atomic mass is 9.98. The Labute approximate surface area is 217 Å². The van der Waals surface area contributed by atoms with Crippen LogP contribution in [0.1, 0.15) is 0 Å². The van der Waals surface area contributed by atoms with Crippen LogP contribution in [0.5, 0.6) is 11.5 Å². The molecular weight excluding hydrogens is 480 g/mol. The molecule has 2 heterocycles. The summed E-state index contributed by atoms with van der Waals surface area (Å²) in [5, 5.41) is 19.1. The second-order valence-electron chi connectivity index (χ2n) is 8.68. The number of ether oxygens (including phenoxy) is 2. The number of fused-ring (bicyclic) bond motifs is 3. The molecule has 8 heteroatoms. The maximum atomic E-state index is 11.6. The van der Waals surface area contributed by atoms with E-state index in [1.54, 1.807) is 20.3 Å². The average molecular weight is 503 g/mol. The number of nitro groups is 1. The van der Waals surface area contributed by atoms with E-state index in [0.29, 0.717) is 28.4 Å². The molecule has 0 amide bonds. The summed E-state index contributed by atoms with van der Waals surface area (Å²) in [6, 6.07) is 30.0. The molecule has 186 valence electrons. The predicted octanol–water partition coefficient (Wildman–Crippen LogP) is 6.83. The van der Waals surface area contributed by atoms with Gasteiger partial charge >= 0.3 is 0 Å². The van der Waals surface area contributed by atoms with Crippen molar-refractivity contribution in [3.8, 4) is 39.7 Å². The molecule has 0 bridgehead atoms. The van der Waals surface area contributed by atoms with Gasteiger partial charge in [0, 0.05) is 34.0 Å². The van der Waals surface area contributed by atoms with E-state index >= 15 is 0 Å². The van der Waals surface area contributed by atoms with Crippen molar-refractivity contribution < 1.29 is 14.4 Å². The van der Waals surface area contributed by atoms with Gasteiger partial charge in [0.05, 0.1) is 35.9 Å². The van der Waals surface area contributed by atoms with Gasteiger partial charge in [-0.05, 0) is 24.3 Å². The Morgan fingerprint density at radius 1 is 0.737 bits per heavy atom. The molecule has 0 radical (unpaired) electrons. The maximum absolute atomic E-state index is 11.6. The monoisotopic (exact) mass is 502 g/mol. The summed E-state index contributed by atoms with van der Waals surface area (Å²) in [6.07, 6.45) is 0. The third-order valence-corrected chi connectivity index (χ3v) is 6.51. The highest BCUT2D eigenvalue weighted by atomic mass is 16.6. The normalized spacial score (nSPS) is 11.1. The Morgan fingerprint density at radius 2 is 1.37 bits per heavy atom. The highest BCUT2D eigenvalue weighted by molar-refractivity contribution is 6.16. The molecule has 0 aliphatic carbocycles. The minimum Gasteiger partial charge on any atom is -0.493 e. The topological polar surface area (TPSA) is 92.3 Å². The molecule has 0 aliphatic rings. The summed E-state index contributed by atoms with van der Waals surface area (Å²) in [4.78, 5) is 16.3. The maximum Gasteiger partial charge on any atom is 0.270 e. The van der Waals surface area contributed by atoms with E-state index in [2.05, 4.69) is 0 Å². The first-order valence-corrected chi connectivity index (χ1v) is 11.9. The highest BCUT2D eigenvalue weighted by Crippen LogP contribution is 2.43. The largest absolute Gasteiger partial charge is 0.493 e. The minimum absolute atomic E-state index is 0.0143. The van der Waals surface area contributed by atoms with Crippen LogP contribution >= 0.6 is 0 Å². The van der Waals surface area contributed by atoms with Crippen LogP contribution in [-0.4, -0.2) is 33.9 Å². The molecule has 0 saturated carbocycles. The number of aromatic nitrogens is 3. The van der Waals surface area contributed by atoms with E-state index in [4.69, 9.17) is 19.6 Å². The van der Waals surface area contributed by atoms with Crippen LogP contribution in [0, 0.1) is 10.1 Å². The lowest BCUT2D eigenvalue weighted by Crippen LogP contribution is -1.99. The third kappa shape index (κ3) is 3.79. The average Bonchev–Trinajstić information content (AvgIpc) is 3.36. The molecule has 0 atom stereocenters. The first kappa shape index (κ1) is 23.2. The highest BCUT2D eigenvalue weighted by Gasteiger charge is 2.23. The van der Waals surface area contributed by atoms with Crippen molar-refractivity contribution in [3.05, 3.63) is 107 Å². The van der Waals surface area contributed by atoms with E-state index in [1.165, 1.54) is 12.1 Å². The van der Waals surface area contributed by atoms with Gasteiger partial charge in [-0.1, -0.05) is 60.7 Å². The van der Waals surface area contributed by atoms with Gasteiger partial charge in [-0.15, -0.1) is 0 Å². The van der Waals surface area contributed by atoms with E-state index < -0.39 is 4.92 Å². The van der Waals surface area contributed by atoms with Gasteiger partial charge in [0.15, 0.2) is 17.1 Å². The smallest absolute Gasteiger partial charge is 0.270 e. The number of pyridine rings is 1. The van der Waals surface area contributed by atoms with Crippen LogP contribution in [0.3, 0.4) is 0 Å². The first-order valence-electron chi connectivity index (χ1n) is 11.9. The van der Waals surface area contributed by atoms with Gasteiger partial charge in [0.1, 0.15) is 5.69 Å². The van der Waals surface area contributed by atoms with Crippen LogP contribution in [0.15, 0.2) is 97.1 Å². The molecule has 0 N–H and O–H groups in total. The molecule has 0 unspecified atom stereocenters. The summed E-state index contributed by atoms with van der Waals surface area (Å²) in [5.41, 5.74) is 4.34. The van der Waals surface area contributed by atoms with Gasteiger partial charge in [-0.2, -0.15) is 5.10 Å². The van der Waals surface area contributed by atoms with Gasteiger partial charge < -0.3 is 9.47 Å². The zero-order valence-electron chi connectivity index (χ0n) is 20.7. The Morgan fingerprint density at radius 3 is 2.03 bits per heavy atom. The molecule has 38 heavy (non-hydrogen) atoms. The number of methoxy groups -OCH3 is 2. The van der Waals surface area contributed by atoms with Crippen molar-refractivity contribution in [2.75, 3.05) is 14.2 Å². The van der Waals surface area contributed by atoms with E-state index in [9.17, 15) is 10.1 Å². The zero-order chi connectivity index (χ0) is 26.2. The number of hydrogen-bond donors (Lipinski definition) is 0. The predicted molar refractivity (Wildman–Crippen MR) is 147 cm³/mol. The van der Waals surface area contributed by atoms with Crippen LogP contribution in [0.25, 0.3) is 50.0 Å². The molecular formula is C30H22N4O4. The molecule has 0 saturated heterocycles. The van der Waals surface area contributed by atoms with E-state index in [0.717, 1.165) is 33.1 Å². The Kier molecular flexibility index (Phi) is 5.69. The minimum atomic E-state index is -0.407. The van der Waals surface area contributed by atoms with Crippen molar-refractivity contribution in [1.29, 1.82) is 0 Å². The van der Waals surface area contributed by atoms with Crippen LogP contribution in [-0.2, 0) is 0 Å². The van der Waals surface area contributed by atoms with Gasteiger partial charge in [-0.25, -0.2) is 9.67 Å². The van der Waals surface area contributed by atoms with E-state index in [1.807, 2.05) is 83.5 Å². The lowest BCUT2D eigenvalue weighted by Gasteiger charge is -2.14. The Bertz CT molecular complexity index is 1820. The number of non-ortho nitro benzene ring substituents is 1. The van der Waals surface area contributed by atoms with Gasteiger partial charge in [-0.3, -0.25) is 10.1 Å².